The SMILES string of the molecule is CCc1cc(C(=O)O)c2cc(OC)ccc2n1. The van der Waals surface area contributed by atoms with Crippen LogP contribution in [0.4, 0.5) is 0 Å². The molecule has 0 radical (unpaired) electrons. The highest BCUT2D eigenvalue weighted by Crippen LogP contribution is 2.23. The molecule has 2 rings (SSSR count). The number of carboxylic acid groups (broad SMARTS) is 1. The molecule has 1 aromatic heterocycles. The number of carboxylic acids is 1. The van der Waals surface area contributed by atoms with Crippen molar-refractivity contribution in [2.45, 2.75) is 13.3 Å². The van der Waals surface area contributed by atoms with E-state index in [4.69, 9.17) is 4.74 Å². The van der Waals surface area contributed by atoms with Gasteiger partial charge >= 0.3 is 5.97 Å². The second kappa shape index (κ2) is 4.41. The molecule has 0 saturated heterocycles. The summed E-state index contributed by atoms with van der Waals surface area (Å²) in [7, 11) is 1.55. The molecule has 0 aliphatic carbocycles. The molecule has 0 bridgehead atoms. The van der Waals surface area contributed by atoms with E-state index in [2.05, 4.69) is 4.98 Å². The maximum Gasteiger partial charge on any atom is 0.336 e. The number of nitrogens with zero attached hydrogens (tertiary/aromatic N) is 1. The Morgan fingerprint density at radius 1 is 1.41 bits per heavy atom. The minimum atomic E-state index is -0.944. The van der Waals surface area contributed by atoms with Gasteiger partial charge in [0.25, 0.3) is 0 Å². The zero-order valence-corrected chi connectivity index (χ0v) is 9.73. The lowest BCUT2D eigenvalue weighted by atomic mass is 10.1. The van der Waals surface area contributed by atoms with Crippen LogP contribution in [-0.2, 0) is 6.42 Å². The van der Waals surface area contributed by atoms with Gasteiger partial charge in [-0.25, -0.2) is 4.79 Å². The van der Waals surface area contributed by atoms with Gasteiger partial charge in [0.15, 0.2) is 0 Å². The van der Waals surface area contributed by atoms with Crippen LogP contribution in [0.1, 0.15) is 23.0 Å². The number of ether oxygens (including phenoxy) is 1. The van der Waals surface area contributed by atoms with Gasteiger partial charge in [0, 0.05) is 11.1 Å². The summed E-state index contributed by atoms with van der Waals surface area (Å²) in [5, 5.41) is 9.80. The molecule has 4 nitrogen and oxygen atoms in total. The molecule has 1 heterocycles. The van der Waals surface area contributed by atoms with Gasteiger partial charge in [-0.15, -0.1) is 0 Å². The van der Waals surface area contributed by atoms with Crippen molar-refractivity contribution in [3.8, 4) is 5.75 Å². The van der Waals surface area contributed by atoms with Gasteiger partial charge in [-0.2, -0.15) is 0 Å². The molecule has 0 amide bonds. The molecule has 0 atom stereocenters. The number of methoxy groups -OCH3 is 1. The minimum Gasteiger partial charge on any atom is -0.497 e. The Morgan fingerprint density at radius 2 is 2.18 bits per heavy atom. The maximum atomic E-state index is 11.2. The summed E-state index contributed by atoms with van der Waals surface area (Å²) in [6.07, 6.45) is 0.711. The van der Waals surface area contributed by atoms with Crippen molar-refractivity contribution in [3.05, 3.63) is 35.5 Å². The van der Waals surface area contributed by atoms with Crippen molar-refractivity contribution in [1.29, 1.82) is 0 Å². The first kappa shape index (κ1) is 11.4. The molecule has 0 aliphatic heterocycles. The highest BCUT2D eigenvalue weighted by molar-refractivity contribution is 6.03. The number of hydrogen-bond acceptors (Lipinski definition) is 3. The number of fused-ring (bicyclic) bond motifs is 1. The molecule has 1 aromatic carbocycles. The van der Waals surface area contributed by atoms with Gasteiger partial charge < -0.3 is 9.84 Å². The third-order valence-electron chi connectivity index (χ3n) is 2.66. The first-order valence-electron chi connectivity index (χ1n) is 5.36. The van der Waals surface area contributed by atoms with Gasteiger partial charge in [0.1, 0.15) is 5.75 Å². The lowest BCUT2D eigenvalue weighted by molar-refractivity contribution is 0.0699. The quantitative estimate of drug-likeness (QED) is 0.881. The van der Waals surface area contributed by atoms with E-state index in [1.54, 1.807) is 31.4 Å². The van der Waals surface area contributed by atoms with Crippen LogP contribution >= 0.6 is 0 Å². The Hall–Kier alpha value is -2.10. The number of hydrogen-bond donors (Lipinski definition) is 1. The molecule has 88 valence electrons. The zero-order chi connectivity index (χ0) is 12.4. The average Bonchev–Trinajstić information content (AvgIpc) is 2.36. The molecule has 17 heavy (non-hydrogen) atoms. The molecule has 0 spiro atoms. The van der Waals surface area contributed by atoms with Crippen LogP contribution in [0.5, 0.6) is 5.75 Å². The van der Waals surface area contributed by atoms with Crippen LogP contribution in [0.2, 0.25) is 0 Å². The van der Waals surface area contributed by atoms with Gasteiger partial charge in [-0.05, 0) is 30.7 Å². The number of aromatic carboxylic acids is 1. The number of benzene rings is 1. The van der Waals surface area contributed by atoms with E-state index in [9.17, 15) is 9.90 Å². The summed E-state index contributed by atoms with van der Waals surface area (Å²) in [5.74, 6) is -0.314. The van der Waals surface area contributed by atoms with Crippen molar-refractivity contribution in [1.82, 2.24) is 4.98 Å². The van der Waals surface area contributed by atoms with E-state index in [0.717, 1.165) is 5.69 Å². The molecule has 0 aliphatic rings. The van der Waals surface area contributed by atoms with Crippen LogP contribution in [0.25, 0.3) is 10.9 Å². The van der Waals surface area contributed by atoms with Crippen LogP contribution in [-0.4, -0.2) is 23.2 Å². The minimum absolute atomic E-state index is 0.269. The summed E-state index contributed by atoms with van der Waals surface area (Å²) in [6.45, 7) is 1.95. The Kier molecular flexibility index (Phi) is 2.95. The van der Waals surface area contributed by atoms with E-state index >= 15 is 0 Å². The van der Waals surface area contributed by atoms with Gasteiger partial charge in [0.2, 0.25) is 0 Å². The van der Waals surface area contributed by atoms with Crippen LogP contribution < -0.4 is 4.74 Å². The summed E-state index contributed by atoms with van der Waals surface area (Å²) >= 11 is 0. The standard InChI is InChI=1S/C13H13NO3/c1-3-8-6-11(13(15)16)10-7-9(17-2)4-5-12(10)14-8/h4-7H,3H2,1-2H3,(H,15,16). The first-order chi connectivity index (χ1) is 8.15. The predicted molar refractivity (Wildman–Crippen MR) is 64.6 cm³/mol. The Bertz CT molecular complexity index is 578. The molecular formula is C13H13NO3. The van der Waals surface area contributed by atoms with E-state index < -0.39 is 5.97 Å². The number of carbonyl (C=O) groups is 1. The van der Waals surface area contributed by atoms with Crippen LogP contribution in [0.15, 0.2) is 24.3 Å². The van der Waals surface area contributed by atoms with E-state index in [-0.39, 0.29) is 5.56 Å². The molecule has 0 fully saturated rings. The van der Waals surface area contributed by atoms with Crippen molar-refractivity contribution in [3.63, 3.8) is 0 Å². The van der Waals surface area contributed by atoms with Crippen molar-refractivity contribution >= 4 is 16.9 Å². The Balaban J connectivity index is 2.77. The lowest BCUT2D eigenvalue weighted by Gasteiger charge is -2.07. The predicted octanol–water partition coefficient (Wildman–Crippen LogP) is 2.50. The van der Waals surface area contributed by atoms with Gasteiger partial charge in [-0.1, -0.05) is 6.92 Å². The molecule has 0 saturated carbocycles. The number of aromatic nitrogens is 1. The van der Waals surface area contributed by atoms with E-state index in [1.165, 1.54) is 0 Å². The third kappa shape index (κ3) is 2.06. The number of aryl methyl sites for hydroxylation is 1. The summed E-state index contributed by atoms with van der Waals surface area (Å²) in [5.41, 5.74) is 1.73. The number of rotatable bonds is 3. The third-order valence-corrected chi connectivity index (χ3v) is 2.66. The Morgan fingerprint density at radius 3 is 2.76 bits per heavy atom. The van der Waals surface area contributed by atoms with E-state index in [0.29, 0.717) is 23.1 Å². The van der Waals surface area contributed by atoms with Crippen molar-refractivity contribution in [2.75, 3.05) is 7.11 Å². The van der Waals surface area contributed by atoms with E-state index in [1.807, 2.05) is 6.92 Å². The lowest BCUT2D eigenvalue weighted by Crippen LogP contribution is -2.01. The normalized spacial score (nSPS) is 10.5. The van der Waals surface area contributed by atoms with Crippen LogP contribution in [0, 0.1) is 0 Å². The molecule has 1 N–H and O–H groups in total. The van der Waals surface area contributed by atoms with Gasteiger partial charge in [-0.3, -0.25) is 4.98 Å². The smallest absolute Gasteiger partial charge is 0.336 e. The summed E-state index contributed by atoms with van der Waals surface area (Å²) in [6, 6.07) is 6.87. The highest BCUT2D eigenvalue weighted by atomic mass is 16.5. The molecule has 0 unspecified atom stereocenters. The zero-order valence-electron chi connectivity index (χ0n) is 9.73. The maximum absolute atomic E-state index is 11.2. The number of pyridine rings is 1. The van der Waals surface area contributed by atoms with Gasteiger partial charge in [0.05, 0.1) is 18.2 Å². The molecular weight excluding hydrogens is 218 g/mol. The summed E-state index contributed by atoms with van der Waals surface area (Å²) < 4.78 is 5.09. The van der Waals surface area contributed by atoms with Crippen LogP contribution in [0.3, 0.4) is 0 Å². The molecule has 4 heteroatoms. The summed E-state index contributed by atoms with van der Waals surface area (Å²) in [4.78, 5) is 15.6. The Labute approximate surface area is 98.9 Å². The monoisotopic (exact) mass is 231 g/mol. The fourth-order valence-corrected chi connectivity index (χ4v) is 1.74. The first-order valence-corrected chi connectivity index (χ1v) is 5.36. The average molecular weight is 231 g/mol. The van der Waals surface area contributed by atoms with Crippen molar-refractivity contribution < 1.29 is 14.6 Å². The second-order valence-electron chi connectivity index (χ2n) is 3.70. The molecule has 2 aromatic rings. The fraction of sp³-hybridized carbons (Fsp3) is 0.231. The topological polar surface area (TPSA) is 59.4 Å². The largest absolute Gasteiger partial charge is 0.497 e. The highest BCUT2D eigenvalue weighted by Gasteiger charge is 2.12. The second-order valence-corrected chi connectivity index (χ2v) is 3.70. The van der Waals surface area contributed by atoms with Crippen molar-refractivity contribution in [2.24, 2.45) is 0 Å². The fourth-order valence-electron chi connectivity index (χ4n) is 1.74.